The van der Waals surface area contributed by atoms with Crippen molar-refractivity contribution in [1.29, 1.82) is 0 Å². The number of aryl methyl sites for hydroxylation is 2. The molecule has 1 amide bonds. The van der Waals surface area contributed by atoms with Gasteiger partial charge in [0.25, 0.3) is 5.91 Å². The zero-order valence-corrected chi connectivity index (χ0v) is 14.9. The van der Waals surface area contributed by atoms with Gasteiger partial charge in [-0.05, 0) is 43.5 Å². The summed E-state index contributed by atoms with van der Waals surface area (Å²) in [5.41, 5.74) is 3.04. The lowest BCUT2D eigenvalue weighted by Gasteiger charge is -2.12. The maximum atomic E-state index is 13.1. The molecule has 2 aromatic rings. The zero-order chi connectivity index (χ0) is 18.6. The number of carbonyl (C=O) groups excluding carboxylic acids is 2. The number of H-pyrrole nitrogens is 1. The number of anilines is 1. The molecule has 1 aromatic carbocycles. The smallest absolute Gasteiger partial charge is 0.306 e. The Bertz CT molecular complexity index is 772. The summed E-state index contributed by atoms with van der Waals surface area (Å²) in [6.07, 6.45) is 0.136. The van der Waals surface area contributed by atoms with Crippen LogP contribution in [0, 0.1) is 19.7 Å². The van der Waals surface area contributed by atoms with E-state index in [2.05, 4.69) is 15.5 Å². The van der Waals surface area contributed by atoms with Gasteiger partial charge in [0.05, 0.1) is 17.1 Å². The molecule has 0 aliphatic heterocycles. The van der Waals surface area contributed by atoms with Gasteiger partial charge in [-0.2, -0.15) is 5.10 Å². The number of nitrogens with one attached hydrogen (secondary N) is 2. The van der Waals surface area contributed by atoms with E-state index in [4.69, 9.17) is 16.3 Å². The van der Waals surface area contributed by atoms with Gasteiger partial charge in [-0.15, -0.1) is 0 Å². The first-order valence-corrected chi connectivity index (χ1v) is 8.07. The number of aromatic amines is 1. The van der Waals surface area contributed by atoms with Crippen molar-refractivity contribution in [2.24, 2.45) is 0 Å². The molecule has 0 aliphatic rings. The third-order valence-corrected chi connectivity index (χ3v) is 4.01. The lowest BCUT2D eigenvalue weighted by atomic mass is 9.96. The lowest BCUT2D eigenvalue weighted by molar-refractivity contribution is -0.147. The van der Waals surface area contributed by atoms with Gasteiger partial charge in [-0.25, -0.2) is 4.39 Å². The molecule has 0 bridgehead atoms. The summed E-state index contributed by atoms with van der Waals surface area (Å²) in [4.78, 5) is 23.7. The van der Waals surface area contributed by atoms with Crippen molar-refractivity contribution < 1.29 is 18.7 Å². The van der Waals surface area contributed by atoms with E-state index in [-0.39, 0.29) is 17.4 Å². The number of rotatable bonds is 6. The van der Waals surface area contributed by atoms with Gasteiger partial charge in [-0.1, -0.05) is 18.5 Å². The van der Waals surface area contributed by atoms with Crippen LogP contribution in [-0.2, 0) is 14.3 Å². The normalized spacial score (nSPS) is 11.9. The first kappa shape index (κ1) is 18.9. The van der Waals surface area contributed by atoms with Crippen LogP contribution in [-0.4, -0.2) is 28.7 Å². The average molecular weight is 368 g/mol. The molecule has 0 fully saturated rings. The van der Waals surface area contributed by atoms with Gasteiger partial charge in [0.15, 0.2) is 6.61 Å². The van der Waals surface area contributed by atoms with E-state index in [1.807, 2.05) is 20.8 Å². The average Bonchev–Trinajstić information content (AvgIpc) is 2.88. The van der Waals surface area contributed by atoms with Crippen LogP contribution < -0.4 is 5.32 Å². The van der Waals surface area contributed by atoms with E-state index in [0.29, 0.717) is 5.69 Å². The van der Waals surface area contributed by atoms with Crippen molar-refractivity contribution >= 4 is 29.2 Å². The first-order chi connectivity index (χ1) is 11.8. The Morgan fingerprint density at radius 2 is 2.12 bits per heavy atom. The Labute approximate surface area is 149 Å². The minimum Gasteiger partial charge on any atom is -0.456 e. The molecule has 6 nitrogen and oxygen atoms in total. The van der Waals surface area contributed by atoms with E-state index >= 15 is 0 Å². The Morgan fingerprint density at radius 3 is 2.72 bits per heavy atom. The second kappa shape index (κ2) is 8.11. The van der Waals surface area contributed by atoms with Crippen LogP contribution in [0.15, 0.2) is 18.2 Å². The Kier molecular flexibility index (Phi) is 6.14. The van der Waals surface area contributed by atoms with Gasteiger partial charge < -0.3 is 10.1 Å². The number of hydrogen-bond donors (Lipinski definition) is 2. The van der Waals surface area contributed by atoms with E-state index in [1.165, 1.54) is 12.1 Å². The molecule has 2 rings (SSSR count). The number of benzene rings is 1. The predicted octanol–water partition coefficient (Wildman–Crippen LogP) is 3.49. The largest absolute Gasteiger partial charge is 0.456 e. The van der Waals surface area contributed by atoms with E-state index < -0.39 is 24.3 Å². The highest BCUT2D eigenvalue weighted by molar-refractivity contribution is 6.31. The Morgan fingerprint density at radius 1 is 1.40 bits per heavy atom. The first-order valence-electron chi connectivity index (χ1n) is 7.70. The Hall–Kier alpha value is -2.41. The van der Waals surface area contributed by atoms with Gasteiger partial charge in [0.1, 0.15) is 5.82 Å². The van der Waals surface area contributed by atoms with Crippen LogP contribution in [0.1, 0.15) is 36.2 Å². The molecule has 134 valence electrons. The van der Waals surface area contributed by atoms with Crippen LogP contribution >= 0.6 is 11.6 Å². The molecule has 0 saturated heterocycles. The van der Waals surface area contributed by atoms with Crippen molar-refractivity contribution in [2.45, 2.75) is 33.1 Å². The fourth-order valence-electron chi connectivity index (χ4n) is 2.61. The van der Waals surface area contributed by atoms with E-state index in [1.54, 1.807) is 0 Å². The Balaban J connectivity index is 1.83. The number of esters is 1. The zero-order valence-electron chi connectivity index (χ0n) is 14.2. The molecule has 2 N–H and O–H groups in total. The molecule has 8 heteroatoms. The predicted molar refractivity (Wildman–Crippen MR) is 92.1 cm³/mol. The highest BCUT2D eigenvalue weighted by Crippen LogP contribution is 2.24. The summed E-state index contributed by atoms with van der Waals surface area (Å²) >= 11 is 5.64. The summed E-state index contributed by atoms with van der Waals surface area (Å²) in [6.45, 7) is 5.22. The fourth-order valence-corrected chi connectivity index (χ4v) is 2.79. The summed E-state index contributed by atoms with van der Waals surface area (Å²) < 4.78 is 18.1. The number of carbonyl (C=O) groups is 2. The van der Waals surface area contributed by atoms with Crippen LogP contribution in [0.2, 0.25) is 5.02 Å². The monoisotopic (exact) mass is 367 g/mol. The van der Waals surface area contributed by atoms with Crippen LogP contribution in [0.5, 0.6) is 0 Å². The molecule has 0 aliphatic carbocycles. The summed E-state index contributed by atoms with van der Waals surface area (Å²) in [5, 5.41) is 9.35. The molecule has 25 heavy (non-hydrogen) atoms. The lowest BCUT2D eigenvalue weighted by Crippen LogP contribution is -2.21. The molecule has 1 aromatic heterocycles. The quantitative estimate of drug-likeness (QED) is 0.765. The van der Waals surface area contributed by atoms with Crippen molar-refractivity contribution in [3.8, 4) is 0 Å². The molecule has 1 atom stereocenters. The van der Waals surface area contributed by atoms with Gasteiger partial charge >= 0.3 is 5.97 Å². The number of amides is 1. The second-order valence-electron chi connectivity index (χ2n) is 5.79. The van der Waals surface area contributed by atoms with Gasteiger partial charge in [-0.3, -0.25) is 14.7 Å². The van der Waals surface area contributed by atoms with Crippen molar-refractivity contribution in [2.75, 3.05) is 11.9 Å². The minimum atomic E-state index is -0.579. The van der Waals surface area contributed by atoms with E-state index in [0.717, 1.165) is 23.0 Å². The maximum absolute atomic E-state index is 13.1. The van der Waals surface area contributed by atoms with Crippen LogP contribution in [0.4, 0.5) is 10.1 Å². The number of ether oxygens (including phenoxy) is 1. The molecular formula is C17H19ClFN3O3. The molecular weight excluding hydrogens is 349 g/mol. The highest BCUT2D eigenvalue weighted by Gasteiger charge is 2.19. The molecule has 1 heterocycles. The van der Waals surface area contributed by atoms with Crippen molar-refractivity contribution in [3.05, 3.63) is 46.0 Å². The SMILES string of the molecule is Cc1n[nH]c(C)c1[C@@H](C)CC(=O)OCC(=O)Nc1ccc(F)c(Cl)c1. The number of halogens is 2. The highest BCUT2D eigenvalue weighted by atomic mass is 35.5. The van der Waals surface area contributed by atoms with Crippen LogP contribution in [0.3, 0.4) is 0 Å². The fraction of sp³-hybridized carbons (Fsp3) is 0.353. The minimum absolute atomic E-state index is 0.0785. The molecule has 0 spiro atoms. The topological polar surface area (TPSA) is 84.1 Å². The van der Waals surface area contributed by atoms with Crippen LogP contribution in [0.25, 0.3) is 0 Å². The summed E-state index contributed by atoms with van der Waals surface area (Å²) in [7, 11) is 0. The number of hydrogen-bond acceptors (Lipinski definition) is 4. The second-order valence-corrected chi connectivity index (χ2v) is 6.20. The summed E-state index contributed by atoms with van der Waals surface area (Å²) in [6, 6.07) is 3.79. The third-order valence-electron chi connectivity index (χ3n) is 3.72. The summed E-state index contributed by atoms with van der Waals surface area (Å²) in [5.74, 6) is -1.67. The third kappa shape index (κ3) is 5.03. The number of aromatic nitrogens is 2. The van der Waals surface area contributed by atoms with Gasteiger partial charge in [0.2, 0.25) is 0 Å². The van der Waals surface area contributed by atoms with Crippen molar-refractivity contribution in [1.82, 2.24) is 10.2 Å². The molecule has 0 unspecified atom stereocenters. The molecule has 0 saturated carbocycles. The van der Waals surface area contributed by atoms with E-state index in [9.17, 15) is 14.0 Å². The van der Waals surface area contributed by atoms with Crippen molar-refractivity contribution in [3.63, 3.8) is 0 Å². The maximum Gasteiger partial charge on any atom is 0.306 e. The van der Waals surface area contributed by atoms with Gasteiger partial charge in [0, 0.05) is 11.4 Å². The molecule has 0 radical (unpaired) electrons. The standard InChI is InChI=1S/C17H19ClFN3O3/c1-9(17-10(2)21-22-11(17)3)6-16(24)25-8-15(23)20-12-4-5-14(19)13(18)7-12/h4-5,7,9H,6,8H2,1-3H3,(H,20,23)(H,21,22)/t9-/m0/s1. The number of nitrogens with zero attached hydrogens (tertiary/aromatic N) is 1.